The van der Waals surface area contributed by atoms with Gasteiger partial charge in [-0.1, -0.05) is 0 Å². The second-order valence-electron chi connectivity index (χ2n) is 5.50. The van der Waals surface area contributed by atoms with Gasteiger partial charge < -0.3 is 19.5 Å². The van der Waals surface area contributed by atoms with Crippen LogP contribution in [0.1, 0.15) is 30.1 Å². The molecule has 0 radical (unpaired) electrons. The zero-order valence-corrected chi connectivity index (χ0v) is 15.2. The van der Waals surface area contributed by atoms with Crippen molar-refractivity contribution >= 4 is 17.4 Å². The molecule has 0 atom stereocenters. The minimum atomic E-state index is -0.219. The molecule has 26 heavy (non-hydrogen) atoms. The Labute approximate surface area is 153 Å². The molecule has 1 amide bonds. The van der Waals surface area contributed by atoms with Gasteiger partial charge in [0.05, 0.1) is 20.8 Å². The van der Waals surface area contributed by atoms with Crippen LogP contribution >= 0.6 is 0 Å². The number of benzene rings is 2. The molecular formula is C20H23NO5. The summed E-state index contributed by atoms with van der Waals surface area (Å²) in [5.74, 6) is 1.43. The Bertz CT molecular complexity index is 755. The number of methoxy groups -OCH3 is 2. The number of anilines is 1. The summed E-state index contributed by atoms with van der Waals surface area (Å²) in [5, 5.41) is 2.77. The lowest BCUT2D eigenvalue weighted by Crippen LogP contribution is -2.13. The number of ether oxygens (including phenoxy) is 3. The third-order valence-electron chi connectivity index (χ3n) is 3.73. The molecule has 0 unspecified atom stereocenters. The summed E-state index contributed by atoms with van der Waals surface area (Å²) in [6.07, 6.45) is 0.207. The van der Waals surface area contributed by atoms with E-state index in [1.54, 1.807) is 42.5 Å². The zero-order chi connectivity index (χ0) is 18.9. The van der Waals surface area contributed by atoms with Crippen LogP contribution in [0.5, 0.6) is 17.2 Å². The molecule has 0 bridgehead atoms. The molecule has 2 rings (SSSR count). The van der Waals surface area contributed by atoms with Crippen molar-refractivity contribution in [2.75, 3.05) is 26.1 Å². The molecule has 0 aromatic heterocycles. The highest BCUT2D eigenvalue weighted by atomic mass is 16.5. The van der Waals surface area contributed by atoms with Crippen LogP contribution in [0, 0.1) is 0 Å². The first kappa shape index (κ1) is 19.3. The molecule has 0 spiro atoms. The van der Waals surface area contributed by atoms with Crippen molar-refractivity contribution in [1.29, 1.82) is 0 Å². The van der Waals surface area contributed by atoms with Gasteiger partial charge in [0.15, 0.2) is 17.3 Å². The Morgan fingerprint density at radius 1 is 0.923 bits per heavy atom. The Morgan fingerprint density at radius 2 is 1.62 bits per heavy atom. The van der Waals surface area contributed by atoms with Crippen molar-refractivity contribution in [3.8, 4) is 17.2 Å². The van der Waals surface area contributed by atoms with Crippen molar-refractivity contribution in [2.24, 2.45) is 0 Å². The van der Waals surface area contributed by atoms with Crippen LogP contribution in [0.3, 0.4) is 0 Å². The quantitative estimate of drug-likeness (QED) is 0.693. The standard InChI is InChI=1S/C20H23NO5/c1-4-26-16-8-6-15(7-9-16)21-20(23)12-10-17(22)14-5-11-18(24-2)19(13-14)25-3/h5-9,11,13H,4,10,12H2,1-3H3,(H,21,23). The van der Waals surface area contributed by atoms with Gasteiger partial charge >= 0.3 is 0 Å². The number of carbonyl (C=O) groups is 2. The summed E-state index contributed by atoms with van der Waals surface area (Å²) >= 11 is 0. The largest absolute Gasteiger partial charge is 0.494 e. The summed E-state index contributed by atoms with van der Waals surface area (Å²) in [6.45, 7) is 2.50. The van der Waals surface area contributed by atoms with Gasteiger partial charge in [-0.3, -0.25) is 9.59 Å². The SMILES string of the molecule is CCOc1ccc(NC(=O)CCC(=O)c2ccc(OC)c(OC)c2)cc1. The fourth-order valence-corrected chi connectivity index (χ4v) is 2.41. The number of nitrogens with one attached hydrogen (secondary N) is 1. The first-order valence-electron chi connectivity index (χ1n) is 8.35. The van der Waals surface area contributed by atoms with Crippen molar-refractivity contribution < 1.29 is 23.8 Å². The average molecular weight is 357 g/mol. The second kappa shape index (κ2) is 9.46. The van der Waals surface area contributed by atoms with E-state index in [0.29, 0.717) is 29.4 Å². The van der Waals surface area contributed by atoms with Crippen LogP contribution in [-0.2, 0) is 4.79 Å². The zero-order valence-electron chi connectivity index (χ0n) is 15.2. The maximum Gasteiger partial charge on any atom is 0.224 e. The third kappa shape index (κ3) is 5.24. The van der Waals surface area contributed by atoms with Crippen molar-refractivity contribution in [3.63, 3.8) is 0 Å². The van der Waals surface area contributed by atoms with Crippen molar-refractivity contribution in [3.05, 3.63) is 48.0 Å². The van der Waals surface area contributed by atoms with Crippen LogP contribution in [-0.4, -0.2) is 32.5 Å². The molecule has 6 heteroatoms. The lowest BCUT2D eigenvalue weighted by atomic mass is 10.1. The third-order valence-corrected chi connectivity index (χ3v) is 3.73. The number of hydrogen-bond acceptors (Lipinski definition) is 5. The van der Waals surface area contributed by atoms with E-state index in [-0.39, 0.29) is 24.5 Å². The summed E-state index contributed by atoms with van der Waals surface area (Å²) in [6, 6.07) is 12.0. The lowest BCUT2D eigenvalue weighted by molar-refractivity contribution is -0.116. The number of carbonyl (C=O) groups excluding carboxylic acids is 2. The molecule has 2 aromatic carbocycles. The number of amides is 1. The van der Waals surface area contributed by atoms with Gasteiger partial charge in [0.25, 0.3) is 0 Å². The molecule has 0 heterocycles. The van der Waals surface area contributed by atoms with Gasteiger partial charge in [0, 0.05) is 24.1 Å². The van der Waals surface area contributed by atoms with E-state index in [1.165, 1.54) is 14.2 Å². The van der Waals surface area contributed by atoms with E-state index < -0.39 is 0 Å². The first-order chi connectivity index (χ1) is 12.6. The summed E-state index contributed by atoms with van der Waals surface area (Å²) in [7, 11) is 3.04. The van der Waals surface area contributed by atoms with E-state index in [9.17, 15) is 9.59 Å². The maximum absolute atomic E-state index is 12.3. The second-order valence-corrected chi connectivity index (χ2v) is 5.50. The minimum Gasteiger partial charge on any atom is -0.494 e. The highest BCUT2D eigenvalue weighted by Gasteiger charge is 2.13. The van der Waals surface area contributed by atoms with E-state index in [2.05, 4.69) is 5.32 Å². The number of ketones is 1. The molecule has 0 aliphatic rings. The normalized spacial score (nSPS) is 10.1. The average Bonchev–Trinajstić information content (AvgIpc) is 2.67. The van der Waals surface area contributed by atoms with E-state index in [1.807, 2.05) is 6.92 Å². The number of rotatable bonds is 9. The molecule has 138 valence electrons. The molecule has 1 N–H and O–H groups in total. The van der Waals surface area contributed by atoms with Gasteiger partial charge in [-0.05, 0) is 49.4 Å². The van der Waals surface area contributed by atoms with E-state index in [4.69, 9.17) is 14.2 Å². The summed E-state index contributed by atoms with van der Waals surface area (Å²) < 4.78 is 15.7. The topological polar surface area (TPSA) is 73.9 Å². The monoisotopic (exact) mass is 357 g/mol. The predicted molar refractivity (Wildman–Crippen MR) is 99.4 cm³/mol. The number of hydrogen-bond donors (Lipinski definition) is 1. The van der Waals surface area contributed by atoms with Crippen LogP contribution in [0.15, 0.2) is 42.5 Å². The molecule has 0 saturated carbocycles. The van der Waals surface area contributed by atoms with Gasteiger partial charge in [-0.25, -0.2) is 0 Å². The van der Waals surface area contributed by atoms with Gasteiger partial charge in [-0.15, -0.1) is 0 Å². The number of Topliss-reactive ketones (excluding diaryl/α,β-unsaturated/α-hetero) is 1. The summed E-state index contributed by atoms with van der Waals surface area (Å²) in [5.41, 5.74) is 1.15. The van der Waals surface area contributed by atoms with Crippen LogP contribution in [0.2, 0.25) is 0 Å². The van der Waals surface area contributed by atoms with Gasteiger partial charge in [-0.2, -0.15) is 0 Å². The maximum atomic E-state index is 12.3. The Kier molecular flexibility index (Phi) is 7.02. The highest BCUT2D eigenvalue weighted by Crippen LogP contribution is 2.28. The van der Waals surface area contributed by atoms with Crippen LogP contribution < -0.4 is 19.5 Å². The lowest BCUT2D eigenvalue weighted by Gasteiger charge is -2.09. The van der Waals surface area contributed by atoms with Crippen LogP contribution in [0.25, 0.3) is 0 Å². The van der Waals surface area contributed by atoms with Crippen molar-refractivity contribution in [1.82, 2.24) is 0 Å². The predicted octanol–water partition coefficient (Wildman–Crippen LogP) is 3.70. The molecule has 0 aliphatic heterocycles. The van der Waals surface area contributed by atoms with Gasteiger partial charge in [0.2, 0.25) is 5.91 Å². The molecule has 0 fully saturated rings. The highest BCUT2D eigenvalue weighted by molar-refractivity contribution is 6.00. The smallest absolute Gasteiger partial charge is 0.224 e. The fourth-order valence-electron chi connectivity index (χ4n) is 2.41. The molecule has 6 nitrogen and oxygen atoms in total. The molecule has 2 aromatic rings. The fraction of sp³-hybridized carbons (Fsp3) is 0.300. The van der Waals surface area contributed by atoms with E-state index in [0.717, 1.165) is 5.75 Å². The van der Waals surface area contributed by atoms with Crippen molar-refractivity contribution in [2.45, 2.75) is 19.8 Å². The summed E-state index contributed by atoms with van der Waals surface area (Å²) in [4.78, 5) is 24.3. The van der Waals surface area contributed by atoms with Crippen LogP contribution in [0.4, 0.5) is 5.69 Å². The molecular weight excluding hydrogens is 334 g/mol. The van der Waals surface area contributed by atoms with E-state index >= 15 is 0 Å². The van der Waals surface area contributed by atoms with Gasteiger partial charge in [0.1, 0.15) is 5.75 Å². The minimum absolute atomic E-state index is 0.0976. The molecule has 0 aliphatic carbocycles. The Morgan fingerprint density at radius 3 is 2.23 bits per heavy atom. The Hall–Kier alpha value is -3.02. The first-order valence-corrected chi connectivity index (χ1v) is 8.35. The Balaban J connectivity index is 1.89. The molecule has 0 saturated heterocycles.